The SMILES string of the molecule is CC.CC.CC(=O)C(C)OC(=O)C(CC(C)C)N(C)C(=O)COC(=C1CCC1)C(C)CC(C)C.CCC1CCCCCCN(c2ccc(C)cc2)C1.CCCC(=O)C(C)OC(=O)C(CC(C)C)N(C)C(=O)COC(=O)C(CC(C)C)C(C)CC.Cc1ccccc1. The fourth-order valence-electron chi connectivity index (χ4n) is 10.6. The molecule has 8 atom stereocenters. The van der Waals surface area contributed by atoms with Gasteiger partial charge in [0.25, 0.3) is 11.8 Å². The lowest BCUT2D eigenvalue weighted by Gasteiger charge is -2.30. The van der Waals surface area contributed by atoms with Crippen LogP contribution in [-0.4, -0.2) is 116 Å². The molecule has 2 aliphatic rings. The molecular formula is C77H133N3O11. The van der Waals surface area contributed by atoms with Crippen molar-refractivity contribution in [3.8, 4) is 0 Å². The summed E-state index contributed by atoms with van der Waals surface area (Å²) in [6.45, 7) is 45.4. The molecular weight excluding hydrogens is 1140 g/mol. The number of allylic oxidation sites excluding steroid dienone is 2. The molecule has 0 aromatic heterocycles. The van der Waals surface area contributed by atoms with E-state index in [2.05, 4.69) is 96.7 Å². The van der Waals surface area contributed by atoms with Crippen LogP contribution >= 0.6 is 0 Å². The summed E-state index contributed by atoms with van der Waals surface area (Å²) in [5.41, 5.74) is 5.41. The number of aryl methyl sites for hydroxylation is 2. The van der Waals surface area contributed by atoms with Crippen LogP contribution in [-0.2, 0) is 52.5 Å². The molecule has 14 heteroatoms. The lowest BCUT2D eigenvalue weighted by molar-refractivity contribution is -0.165. The van der Waals surface area contributed by atoms with E-state index in [9.17, 15) is 33.6 Å². The maximum Gasteiger partial charge on any atom is 0.329 e. The second-order valence-corrected chi connectivity index (χ2v) is 26.6. The molecule has 91 heavy (non-hydrogen) atoms. The largest absolute Gasteiger partial charge is 0.488 e. The van der Waals surface area contributed by atoms with E-state index >= 15 is 0 Å². The summed E-state index contributed by atoms with van der Waals surface area (Å²) in [4.78, 5) is 92.4. The highest BCUT2D eigenvalue weighted by molar-refractivity contribution is 5.90. The van der Waals surface area contributed by atoms with Gasteiger partial charge in [-0.05, 0) is 152 Å². The van der Waals surface area contributed by atoms with Crippen molar-refractivity contribution in [2.75, 3.05) is 45.3 Å². The average molecular weight is 1280 g/mol. The first-order valence-electron chi connectivity index (χ1n) is 35.3. The molecule has 14 nitrogen and oxygen atoms in total. The van der Waals surface area contributed by atoms with E-state index in [0.717, 1.165) is 37.4 Å². The number of nitrogens with zero attached hydrogens (tertiary/aromatic N) is 3. The highest BCUT2D eigenvalue weighted by Gasteiger charge is 2.35. The van der Waals surface area contributed by atoms with Gasteiger partial charge in [0.05, 0.1) is 11.7 Å². The Balaban J connectivity index is 0. The highest BCUT2D eigenvalue weighted by Crippen LogP contribution is 2.35. The number of ether oxygens (including phenoxy) is 4. The number of likely N-dealkylation sites (N-methyl/N-ethyl adjacent to an activating group) is 2. The average Bonchev–Trinajstić information content (AvgIpc) is 3.14. The molecule has 1 saturated heterocycles. The Bertz CT molecular complexity index is 2340. The van der Waals surface area contributed by atoms with E-state index in [1.54, 1.807) is 20.9 Å². The number of rotatable bonds is 29. The van der Waals surface area contributed by atoms with Crippen molar-refractivity contribution < 1.29 is 52.5 Å². The third-order valence-corrected chi connectivity index (χ3v) is 16.6. The second-order valence-electron chi connectivity index (χ2n) is 26.6. The summed E-state index contributed by atoms with van der Waals surface area (Å²) in [6, 6.07) is 17.7. The van der Waals surface area contributed by atoms with Gasteiger partial charge in [-0.15, -0.1) is 0 Å². The van der Waals surface area contributed by atoms with E-state index in [0.29, 0.717) is 43.9 Å². The van der Waals surface area contributed by atoms with Crippen LogP contribution in [0.5, 0.6) is 0 Å². The number of benzene rings is 2. The molecule has 8 unspecified atom stereocenters. The van der Waals surface area contributed by atoms with Crippen LogP contribution in [0.1, 0.15) is 252 Å². The van der Waals surface area contributed by atoms with Crippen LogP contribution in [0.2, 0.25) is 0 Å². The van der Waals surface area contributed by atoms with E-state index in [1.807, 2.05) is 94.4 Å². The molecule has 0 bridgehead atoms. The van der Waals surface area contributed by atoms with Crippen molar-refractivity contribution in [3.05, 3.63) is 77.1 Å². The number of Topliss-reactive ketones (excluding diaryl/α,β-unsaturated/α-hetero) is 2. The number of ketones is 2. The molecule has 0 spiro atoms. The van der Waals surface area contributed by atoms with E-state index in [-0.39, 0.29) is 59.6 Å². The van der Waals surface area contributed by atoms with Crippen LogP contribution in [0, 0.1) is 61.2 Å². The summed E-state index contributed by atoms with van der Waals surface area (Å²) in [7, 11) is 3.11. The maximum absolute atomic E-state index is 12.9. The first-order valence-corrected chi connectivity index (χ1v) is 35.3. The number of esters is 3. The number of carbonyl (C=O) groups is 7. The van der Waals surface area contributed by atoms with Gasteiger partial charge in [0.1, 0.15) is 12.1 Å². The minimum absolute atomic E-state index is 0.0953. The molecule has 1 saturated carbocycles. The minimum atomic E-state index is -0.856. The van der Waals surface area contributed by atoms with Crippen molar-refractivity contribution in [2.24, 2.45) is 47.3 Å². The fourth-order valence-corrected chi connectivity index (χ4v) is 10.6. The van der Waals surface area contributed by atoms with Gasteiger partial charge in [0.2, 0.25) is 0 Å². The zero-order chi connectivity index (χ0) is 69.9. The summed E-state index contributed by atoms with van der Waals surface area (Å²) < 4.78 is 22.0. The van der Waals surface area contributed by atoms with Crippen LogP contribution in [0.15, 0.2) is 65.9 Å². The van der Waals surface area contributed by atoms with Gasteiger partial charge in [-0.2, -0.15) is 0 Å². The minimum Gasteiger partial charge on any atom is -0.488 e. The second kappa shape index (κ2) is 50.0. The first-order chi connectivity index (χ1) is 43.0. The Labute approximate surface area is 555 Å². The molecule has 1 aliphatic heterocycles. The Morgan fingerprint density at radius 3 is 1.45 bits per heavy atom. The Hall–Kier alpha value is -5.53. The molecule has 0 radical (unpaired) electrons. The summed E-state index contributed by atoms with van der Waals surface area (Å²) in [6.07, 6.45) is 14.3. The summed E-state index contributed by atoms with van der Waals surface area (Å²) >= 11 is 0. The maximum atomic E-state index is 12.9. The molecule has 2 aromatic rings. The molecule has 2 fully saturated rings. The number of amides is 2. The van der Waals surface area contributed by atoms with Gasteiger partial charge >= 0.3 is 17.9 Å². The normalized spacial score (nSPS) is 15.9. The zero-order valence-electron chi connectivity index (χ0n) is 62.1. The number of carbonyl (C=O) groups excluding carboxylic acids is 7. The van der Waals surface area contributed by atoms with Crippen LogP contribution in [0.25, 0.3) is 0 Å². The summed E-state index contributed by atoms with van der Waals surface area (Å²) in [5.74, 6) is 0.534. The molecule has 4 rings (SSSR count). The fraction of sp³-hybridized carbons (Fsp3) is 0.727. The predicted molar refractivity (Wildman–Crippen MR) is 377 cm³/mol. The standard InChI is InChI=1S/C25H45NO6.C24H41NO5.C17H27N.C7H8.2C2H6/c1-10-12-22(27)19(8)32-25(30)21(14-17(5)6)26(9)23(28)15-31-24(29)20(13-16(3)4)18(7)11-2;1-15(2)12-17(5)23(20-10-9-11-20)29-14-22(27)25(8)21(13-16(3)4)24(28)30-19(7)18(6)26;1-3-16-8-6-4-5-7-13-18(14-16)17-11-9-15(2)10-12-17;1-7-5-3-2-4-6-7;2*1-2/h16-21H,10-15H2,1-9H3;15-17,19,21H,9-14H2,1-8H3;9-12,16H,3-8,13-14H2,1-2H3;2-6H,1H3;2*1-2H3. The van der Waals surface area contributed by atoms with E-state index in [1.165, 1.54) is 104 Å². The van der Waals surface area contributed by atoms with Gasteiger partial charge in [0, 0.05) is 45.2 Å². The monoisotopic (exact) mass is 1280 g/mol. The number of anilines is 1. The zero-order valence-corrected chi connectivity index (χ0v) is 62.1. The van der Waals surface area contributed by atoms with Crippen molar-refractivity contribution in [2.45, 2.75) is 279 Å². The van der Waals surface area contributed by atoms with Crippen molar-refractivity contribution in [3.63, 3.8) is 0 Å². The number of hydrogen-bond acceptors (Lipinski definition) is 12. The molecule has 1 heterocycles. The molecule has 522 valence electrons. The van der Waals surface area contributed by atoms with Crippen molar-refractivity contribution in [1.82, 2.24) is 9.80 Å². The Kier molecular flexibility index (Phi) is 48.1. The van der Waals surface area contributed by atoms with E-state index < -0.39 is 48.7 Å². The van der Waals surface area contributed by atoms with Gasteiger partial charge < -0.3 is 33.6 Å². The third-order valence-electron chi connectivity index (χ3n) is 16.6. The third kappa shape index (κ3) is 37.1. The predicted octanol–water partition coefficient (Wildman–Crippen LogP) is 17.8. The lowest BCUT2D eigenvalue weighted by Crippen LogP contribution is -2.47. The number of hydrogen-bond donors (Lipinski definition) is 0. The van der Waals surface area contributed by atoms with Gasteiger partial charge in [-0.25, -0.2) is 9.59 Å². The van der Waals surface area contributed by atoms with Gasteiger partial charge in [-0.3, -0.25) is 24.0 Å². The van der Waals surface area contributed by atoms with Gasteiger partial charge in [-0.1, -0.05) is 203 Å². The molecule has 2 aromatic carbocycles. The molecule has 0 N–H and O–H groups in total. The topological polar surface area (TPSA) is 166 Å². The Morgan fingerprint density at radius 1 is 0.560 bits per heavy atom. The van der Waals surface area contributed by atoms with Crippen molar-refractivity contribution >= 4 is 47.0 Å². The van der Waals surface area contributed by atoms with Crippen LogP contribution in [0.3, 0.4) is 0 Å². The summed E-state index contributed by atoms with van der Waals surface area (Å²) in [5, 5.41) is 0. The highest BCUT2D eigenvalue weighted by atomic mass is 16.6. The quantitative estimate of drug-likeness (QED) is 0.0430. The lowest BCUT2D eigenvalue weighted by atomic mass is 9.85. The smallest absolute Gasteiger partial charge is 0.329 e. The Morgan fingerprint density at radius 2 is 1.03 bits per heavy atom. The van der Waals surface area contributed by atoms with Crippen molar-refractivity contribution in [1.29, 1.82) is 0 Å². The van der Waals surface area contributed by atoms with E-state index in [4.69, 9.17) is 18.9 Å². The van der Waals surface area contributed by atoms with Crippen LogP contribution in [0.4, 0.5) is 5.69 Å². The first kappa shape index (κ1) is 87.5. The van der Waals surface area contributed by atoms with Crippen LogP contribution < -0.4 is 4.90 Å². The molecule has 2 amide bonds. The molecule has 1 aliphatic carbocycles. The van der Waals surface area contributed by atoms with Gasteiger partial charge in [0.15, 0.2) is 37.0 Å².